The Bertz CT molecular complexity index is 642. The molecule has 1 aliphatic heterocycles. The quantitative estimate of drug-likeness (QED) is 0.772. The molecule has 1 N–H and O–H groups in total. The lowest BCUT2D eigenvalue weighted by atomic mass is 10.2. The number of benzene rings is 1. The normalized spacial score (nSPS) is 19.4. The number of carbonyl (C=O) groups excluding carboxylic acids is 2. The van der Waals surface area contributed by atoms with E-state index in [4.69, 9.17) is 14.2 Å². The number of rotatable bonds is 6. The van der Waals surface area contributed by atoms with Crippen LogP contribution in [0.2, 0.25) is 0 Å². The third-order valence-electron chi connectivity index (χ3n) is 3.86. The summed E-state index contributed by atoms with van der Waals surface area (Å²) >= 11 is 0. The van der Waals surface area contributed by atoms with Crippen molar-refractivity contribution in [2.75, 3.05) is 19.7 Å². The topological polar surface area (TPSA) is 77.1 Å². The van der Waals surface area contributed by atoms with Crippen LogP contribution in [0.5, 0.6) is 0 Å². The highest BCUT2D eigenvalue weighted by Crippen LogP contribution is 2.17. The maximum Gasteiger partial charge on any atom is 0.410 e. The van der Waals surface area contributed by atoms with Crippen LogP contribution in [-0.2, 0) is 20.8 Å². The van der Waals surface area contributed by atoms with E-state index in [9.17, 15) is 9.59 Å². The molecule has 0 spiro atoms. The first-order valence-electron chi connectivity index (χ1n) is 8.96. The van der Waals surface area contributed by atoms with Crippen molar-refractivity contribution in [3.8, 4) is 0 Å². The summed E-state index contributed by atoms with van der Waals surface area (Å²) < 4.78 is 16.4. The Morgan fingerprint density at radius 3 is 2.59 bits per heavy atom. The van der Waals surface area contributed by atoms with Crippen molar-refractivity contribution in [2.45, 2.75) is 45.1 Å². The molecule has 27 heavy (non-hydrogen) atoms. The zero-order valence-electron chi connectivity index (χ0n) is 16.1. The molecular formula is C20H28N2O5. The van der Waals surface area contributed by atoms with Gasteiger partial charge in [-0.3, -0.25) is 0 Å². The van der Waals surface area contributed by atoms with E-state index in [-0.39, 0.29) is 25.3 Å². The standard InChI is InChI=1S/C20H28N2O5/c1-5-11-25-17-13-22(12-16(17)21-18(23)27-20(2,3)4)19(24)26-14-15-9-7-6-8-10-15/h5-10,16-17H,1,11-14H2,2-4H3,(H,21,23)/t16-,17-/m1/s1. The van der Waals surface area contributed by atoms with Crippen molar-refractivity contribution >= 4 is 12.2 Å². The van der Waals surface area contributed by atoms with Crippen molar-refractivity contribution < 1.29 is 23.8 Å². The van der Waals surface area contributed by atoms with Crippen LogP contribution in [0.25, 0.3) is 0 Å². The fraction of sp³-hybridized carbons (Fsp3) is 0.500. The molecule has 2 amide bonds. The second-order valence-electron chi connectivity index (χ2n) is 7.36. The predicted molar refractivity (Wildman–Crippen MR) is 101 cm³/mol. The molecule has 2 rings (SSSR count). The number of likely N-dealkylation sites (tertiary alicyclic amines) is 1. The first-order chi connectivity index (χ1) is 12.8. The molecule has 0 aliphatic carbocycles. The molecule has 1 fully saturated rings. The van der Waals surface area contributed by atoms with Gasteiger partial charge in [0.15, 0.2) is 0 Å². The highest BCUT2D eigenvalue weighted by Gasteiger charge is 2.38. The molecule has 1 saturated heterocycles. The number of hydrogen-bond acceptors (Lipinski definition) is 5. The average Bonchev–Trinajstić information content (AvgIpc) is 2.99. The third kappa shape index (κ3) is 6.94. The lowest BCUT2D eigenvalue weighted by Gasteiger charge is -2.23. The molecule has 0 aromatic heterocycles. The smallest absolute Gasteiger partial charge is 0.410 e. The Balaban J connectivity index is 1.92. The van der Waals surface area contributed by atoms with Crippen LogP contribution in [0, 0.1) is 0 Å². The van der Waals surface area contributed by atoms with Gasteiger partial charge in [-0.05, 0) is 26.3 Å². The van der Waals surface area contributed by atoms with Crippen molar-refractivity contribution in [1.82, 2.24) is 10.2 Å². The van der Waals surface area contributed by atoms with Crippen LogP contribution in [0.4, 0.5) is 9.59 Å². The monoisotopic (exact) mass is 376 g/mol. The Kier molecular flexibility index (Phi) is 7.24. The SMILES string of the molecule is C=CCO[C@@H]1CN(C(=O)OCc2ccccc2)C[C@H]1NC(=O)OC(C)(C)C. The lowest BCUT2D eigenvalue weighted by molar-refractivity contribution is 0.0357. The fourth-order valence-corrected chi connectivity index (χ4v) is 2.69. The van der Waals surface area contributed by atoms with Gasteiger partial charge in [-0.15, -0.1) is 6.58 Å². The molecule has 7 heteroatoms. The first-order valence-corrected chi connectivity index (χ1v) is 8.96. The van der Waals surface area contributed by atoms with Crippen LogP contribution in [0.3, 0.4) is 0 Å². The average molecular weight is 376 g/mol. The lowest BCUT2D eigenvalue weighted by Crippen LogP contribution is -2.46. The molecule has 7 nitrogen and oxygen atoms in total. The first kappa shape index (κ1) is 20.8. The van der Waals surface area contributed by atoms with Crippen molar-refractivity contribution in [3.05, 3.63) is 48.6 Å². The van der Waals surface area contributed by atoms with Gasteiger partial charge in [-0.25, -0.2) is 9.59 Å². The summed E-state index contributed by atoms with van der Waals surface area (Å²) in [7, 11) is 0. The van der Waals surface area contributed by atoms with Gasteiger partial charge in [0.2, 0.25) is 0 Å². The summed E-state index contributed by atoms with van der Waals surface area (Å²) in [6, 6.07) is 9.07. The maximum atomic E-state index is 12.4. The van der Waals surface area contributed by atoms with E-state index in [1.165, 1.54) is 4.90 Å². The predicted octanol–water partition coefficient (Wildman–Crippen LogP) is 3.10. The third-order valence-corrected chi connectivity index (χ3v) is 3.86. The van der Waals surface area contributed by atoms with E-state index >= 15 is 0 Å². The molecule has 1 heterocycles. The summed E-state index contributed by atoms with van der Waals surface area (Å²) in [6.07, 6.45) is 0.277. The van der Waals surface area contributed by atoms with Gasteiger partial charge < -0.3 is 24.4 Å². The molecule has 0 bridgehead atoms. The molecule has 1 aliphatic rings. The molecule has 148 valence electrons. The second kappa shape index (κ2) is 9.41. The van der Waals surface area contributed by atoms with Gasteiger partial charge >= 0.3 is 12.2 Å². The number of nitrogens with zero attached hydrogens (tertiary/aromatic N) is 1. The van der Waals surface area contributed by atoms with Gasteiger partial charge in [-0.1, -0.05) is 36.4 Å². The number of carbonyl (C=O) groups is 2. The molecule has 1 aromatic carbocycles. The van der Waals surface area contributed by atoms with Crippen LogP contribution in [-0.4, -0.2) is 54.5 Å². The number of alkyl carbamates (subject to hydrolysis) is 1. The van der Waals surface area contributed by atoms with Crippen molar-refractivity contribution in [3.63, 3.8) is 0 Å². The van der Waals surface area contributed by atoms with Crippen LogP contribution in [0.15, 0.2) is 43.0 Å². The summed E-state index contributed by atoms with van der Waals surface area (Å²) in [5.74, 6) is 0. The Hall–Kier alpha value is -2.54. The van der Waals surface area contributed by atoms with Crippen molar-refractivity contribution in [2.24, 2.45) is 0 Å². The molecule has 2 atom stereocenters. The van der Waals surface area contributed by atoms with E-state index < -0.39 is 17.8 Å². The Labute approximate surface area is 160 Å². The highest BCUT2D eigenvalue weighted by atomic mass is 16.6. The number of amides is 2. The van der Waals surface area contributed by atoms with E-state index in [2.05, 4.69) is 11.9 Å². The van der Waals surface area contributed by atoms with E-state index in [0.717, 1.165) is 5.56 Å². The fourth-order valence-electron chi connectivity index (χ4n) is 2.69. The largest absolute Gasteiger partial charge is 0.445 e. The molecule has 0 unspecified atom stereocenters. The van der Waals surface area contributed by atoms with Crippen LogP contribution >= 0.6 is 0 Å². The summed E-state index contributed by atoms with van der Waals surface area (Å²) in [6.45, 7) is 10.1. The summed E-state index contributed by atoms with van der Waals surface area (Å²) in [5, 5.41) is 2.78. The van der Waals surface area contributed by atoms with Gasteiger partial charge in [0, 0.05) is 6.54 Å². The van der Waals surface area contributed by atoms with Gasteiger partial charge in [-0.2, -0.15) is 0 Å². The summed E-state index contributed by atoms with van der Waals surface area (Å²) in [5.41, 5.74) is 0.307. The van der Waals surface area contributed by atoms with Crippen molar-refractivity contribution in [1.29, 1.82) is 0 Å². The zero-order chi connectivity index (χ0) is 19.9. The highest BCUT2D eigenvalue weighted by molar-refractivity contribution is 5.70. The second-order valence-corrected chi connectivity index (χ2v) is 7.36. The molecular weight excluding hydrogens is 348 g/mol. The molecule has 1 aromatic rings. The maximum absolute atomic E-state index is 12.4. The van der Waals surface area contributed by atoms with Crippen LogP contribution in [0.1, 0.15) is 26.3 Å². The summed E-state index contributed by atoms with van der Waals surface area (Å²) in [4.78, 5) is 26.0. The Morgan fingerprint density at radius 2 is 1.96 bits per heavy atom. The van der Waals surface area contributed by atoms with E-state index in [0.29, 0.717) is 13.2 Å². The van der Waals surface area contributed by atoms with Gasteiger partial charge in [0.1, 0.15) is 12.2 Å². The minimum Gasteiger partial charge on any atom is -0.445 e. The van der Waals surface area contributed by atoms with Gasteiger partial charge in [0.25, 0.3) is 0 Å². The van der Waals surface area contributed by atoms with Crippen LogP contribution < -0.4 is 5.32 Å². The molecule has 0 radical (unpaired) electrons. The minimum absolute atomic E-state index is 0.193. The minimum atomic E-state index is -0.603. The molecule has 0 saturated carbocycles. The van der Waals surface area contributed by atoms with E-state index in [1.54, 1.807) is 26.8 Å². The Morgan fingerprint density at radius 1 is 1.26 bits per heavy atom. The number of hydrogen-bond donors (Lipinski definition) is 1. The zero-order valence-corrected chi connectivity index (χ0v) is 16.1. The van der Waals surface area contributed by atoms with Gasteiger partial charge in [0.05, 0.1) is 25.3 Å². The van der Waals surface area contributed by atoms with E-state index in [1.807, 2.05) is 30.3 Å². The number of ether oxygens (including phenoxy) is 3. The number of nitrogens with one attached hydrogen (secondary N) is 1.